The van der Waals surface area contributed by atoms with Crippen LogP contribution in [0, 0.1) is 11.8 Å². The van der Waals surface area contributed by atoms with Crippen molar-refractivity contribution in [2.24, 2.45) is 11.8 Å². The summed E-state index contributed by atoms with van der Waals surface area (Å²) >= 11 is 0. The van der Waals surface area contributed by atoms with E-state index in [0.717, 1.165) is 25.3 Å². The number of hydrogen-bond acceptors (Lipinski definition) is 4. The Morgan fingerprint density at radius 3 is 2.25 bits per heavy atom. The van der Waals surface area contributed by atoms with E-state index in [1.54, 1.807) is 0 Å². The maximum absolute atomic E-state index is 11.2. The molecule has 2 saturated carbocycles. The van der Waals surface area contributed by atoms with Gasteiger partial charge >= 0.3 is 11.9 Å². The fraction of sp³-hybridized carbons (Fsp3) is 0.667. The monoisotopic (exact) mass is 224 g/mol. The Kier molecular flexibility index (Phi) is 2.99. The molecule has 0 heterocycles. The summed E-state index contributed by atoms with van der Waals surface area (Å²) in [6.45, 7) is 4.76. The van der Waals surface area contributed by atoms with Gasteiger partial charge in [-0.3, -0.25) is 4.79 Å². The molecule has 4 nitrogen and oxygen atoms in total. The number of carbonyl (C=O) groups is 2. The second-order valence-corrected chi connectivity index (χ2v) is 4.51. The van der Waals surface area contributed by atoms with Crippen LogP contribution in [0.2, 0.25) is 0 Å². The first-order chi connectivity index (χ1) is 7.61. The van der Waals surface area contributed by atoms with Gasteiger partial charge in [-0.2, -0.15) is 0 Å². The number of hydrogen-bond donors (Lipinski definition) is 0. The van der Waals surface area contributed by atoms with Crippen molar-refractivity contribution in [3.8, 4) is 0 Å². The van der Waals surface area contributed by atoms with Gasteiger partial charge in [0.2, 0.25) is 0 Å². The first-order valence-corrected chi connectivity index (χ1v) is 5.62. The molecule has 0 radical (unpaired) electrons. The van der Waals surface area contributed by atoms with Crippen LogP contribution in [0.5, 0.6) is 0 Å². The zero-order chi connectivity index (χ0) is 11.7. The van der Waals surface area contributed by atoms with Crippen LogP contribution >= 0.6 is 0 Å². The standard InChI is InChI=1S/C12H16O4/c1-3-10(14)16-12-9-5-4-8(6-9)11(12)15-7(2)13/h3,8-9,11-12H,1,4-6H2,2H3. The molecule has 88 valence electrons. The zero-order valence-electron chi connectivity index (χ0n) is 9.35. The van der Waals surface area contributed by atoms with E-state index in [2.05, 4.69) is 6.58 Å². The summed E-state index contributed by atoms with van der Waals surface area (Å²) in [5.74, 6) is -0.0401. The van der Waals surface area contributed by atoms with Crippen LogP contribution in [-0.4, -0.2) is 24.1 Å². The van der Waals surface area contributed by atoms with Crippen molar-refractivity contribution in [1.29, 1.82) is 0 Å². The summed E-state index contributed by atoms with van der Waals surface area (Å²) in [4.78, 5) is 22.2. The minimum absolute atomic E-state index is 0.250. The Morgan fingerprint density at radius 2 is 1.75 bits per heavy atom. The van der Waals surface area contributed by atoms with Crippen molar-refractivity contribution >= 4 is 11.9 Å². The first-order valence-electron chi connectivity index (χ1n) is 5.62. The lowest BCUT2D eigenvalue weighted by molar-refractivity contribution is -0.168. The summed E-state index contributed by atoms with van der Waals surface area (Å²) in [5, 5.41) is 0. The molecule has 2 aliphatic rings. The van der Waals surface area contributed by atoms with Gasteiger partial charge in [-0.05, 0) is 19.3 Å². The Morgan fingerprint density at radius 1 is 1.19 bits per heavy atom. The molecular weight excluding hydrogens is 208 g/mol. The Bertz CT molecular complexity index is 323. The Balaban J connectivity index is 2.05. The van der Waals surface area contributed by atoms with E-state index in [-0.39, 0.29) is 18.2 Å². The van der Waals surface area contributed by atoms with Gasteiger partial charge in [0.1, 0.15) is 12.2 Å². The van der Waals surface area contributed by atoms with E-state index in [0.29, 0.717) is 11.8 Å². The number of ether oxygens (including phenoxy) is 2. The molecule has 2 bridgehead atoms. The lowest BCUT2D eigenvalue weighted by Gasteiger charge is -2.29. The fourth-order valence-corrected chi connectivity index (χ4v) is 2.89. The largest absolute Gasteiger partial charge is 0.458 e. The van der Waals surface area contributed by atoms with E-state index in [9.17, 15) is 9.59 Å². The quantitative estimate of drug-likeness (QED) is 0.537. The Hall–Kier alpha value is -1.32. The number of carbonyl (C=O) groups excluding carboxylic acids is 2. The minimum atomic E-state index is -0.435. The molecule has 0 aromatic rings. The zero-order valence-corrected chi connectivity index (χ0v) is 9.35. The van der Waals surface area contributed by atoms with E-state index >= 15 is 0 Å². The Labute approximate surface area is 94.6 Å². The second-order valence-electron chi connectivity index (χ2n) is 4.51. The van der Waals surface area contributed by atoms with E-state index in [4.69, 9.17) is 9.47 Å². The molecule has 0 spiro atoms. The molecule has 4 atom stereocenters. The maximum Gasteiger partial charge on any atom is 0.330 e. The van der Waals surface area contributed by atoms with Gasteiger partial charge in [0, 0.05) is 24.8 Å². The van der Waals surface area contributed by atoms with Crippen LogP contribution in [0.25, 0.3) is 0 Å². The topological polar surface area (TPSA) is 52.6 Å². The highest BCUT2D eigenvalue weighted by Crippen LogP contribution is 2.47. The van der Waals surface area contributed by atoms with Crippen molar-refractivity contribution in [1.82, 2.24) is 0 Å². The molecular formula is C12H16O4. The number of esters is 2. The predicted molar refractivity (Wildman–Crippen MR) is 56.5 cm³/mol. The normalized spacial score (nSPS) is 35.8. The van der Waals surface area contributed by atoms with Crippen molar-refractivity contribution in [2.75, 3.05) is 0 Å². The average molecular weight is 224 g/mol. The molecule has 0 saturated heterocycles. The van der Waals surface area contributed by atoms with Crippen LogP contribution < -0.4 is 0 Å². The van der Waals surface area contributed by atoms with Gasteiger partial charge in [-0.15, -0.1) is 0 Å². The molecule has 0 N–H and O–H groups in total. The highest BCUT2D eigenvalue weighted by Gasteiger charge is 2.51. The molecule has 2 rings (SSSR count). The van der Waals surface area contributed by atoms with Crippen LogP contribution in [0.15, 0.2) is 12.7 Å². The van der Waals surface area contributed by atoms with Gasteiger partial charge in [0.15, 0.2) is 0 Å². The van der Waals surface area contributed by atoms with Crippen molar-refractivity contribution in [2.45, 2.75) is 38.4 Å². The smallest absolute Gasteiger partial charge is 0.330 e. The summed E-state index contributed by atoms with van der Waals surface area (Å²) < 4.78 is 10.5. The molecule has 0 aromatic heterocycles. The van der Waals surface area contributed by atoms with E-state index in [1.807, 2.05) is 0 Å². The highest BCUT2D eigenvalue weighted by molar-refractivity contribution is 5.81. The minimum Gasteiger partial charge on any atom is -0.458 e. The molecule has 0 amide bonds. The first kappa shape index (κ1) is 11.2. The third-order valence-electron chi connectivity index (χ3n) is 3.49. The lowest BCUT2D eigenvalue weighted by Crippen LogP contribution is -2.39. The molecule has 0 aromatic carbocycles. The molecule has 16 heavy (non-hydrogen) atoms. The van der Waals surface area contributed by atoms with Gasteiger partial charge < -0.3 is 9.47 Å². The molecule has 2 fully saturated rings. The maximum atomic E-state index is 11.2. The van der Waals surface area contributed by atoms with E-state index in [1.165, 1.54) is 6.92 Å². The molecule has 2 aliphatic carbocycles. The van der Waals surface area contributed by atoms with Gasteiger partial charge in [0.25, 0.3) is 0 Å². The SMILES string of the molecule is C=CC(=O)OC1C2CCC(C2)C1OC(C)=O. The molecule has 0 aliphatic heterocycles. The van der Waals surface area contributed by atoms with Crippen molar-refractivity contribution < 1.29 is 19.1 Å². The predicted octanol–water partition coefficient (Wildman–Crippen LogP) is 1.45. The van der Waals surface area contributed by atoms with Crippen molar-refractivity contribution in [3.63, 3.8) is 0 Å². The third kappa shape index (κ3) is 1.96. The summed E-state index contributed by atoms with van der Waals surface area (Å²) in [7, 11) is 0. The molecule has 4 unspecified atom stereocenters. The lowest BCUT2D eigenvalue weighted by atomic mass is 9.94. The highest BCUT2D eigenvalue weighted by atomic mass is 16.6. The van der Waals surface area contributed by atoms with E-state index < -0.39 is 5.97 Å². The van der Waals surface area contributed by atoms with Crippen molar-refractivity contribution in [3.05, 3.63) is 12.7 Å². The average Bonchev–Trinajstić information content (AvgIpc) is 2.80. The van der Waals surface area contributed by atoms with Crippen LogP contribution in [0.3, 0.4) is 0 Å². The third-order valence-corrected chi connectivity index (χ3v) is 3.49. The number of rotatable bonds is 3. The van der Waals surface area contributed by atoms with Crippen LogP contribution in [0.1, 0.15) is 26.2 Å². The number of fused-ring (bicyclic) bond motifs is 2. The van der Waals surface area contributed by atoms with Gasteiger partial charge in [-0.25, -0.2) is 4.79 Å². The second kappa shape index (κ2) is 4.28. The van der Waals surface area contributed by atoms with Gasteiger partial charge in [0.05, 0.1) is 0 Å². The van der Waals surface area contributed by atoms with Crippen LogP contribution in [-0.2, 0) is 19.1 Å². The van der Waals surface area contributed by atoms with Crippen LogP contribution in [0.4, 0.5) is 0 Å². The fourth-order valence-electron chi connectivity index (χ4n) is 2.89. The summed E-state index contributed by atoms with van der Waals surface area (Å²) in [5.41, 5.74) is 0. The summed E-state index contributed by atoms with van der Waals surface area (Å²) in [6.07, 6.45) is 3.74. The van der Waals surface area contributed by atoms with Gasteiger partial charge in [-0.1, -0.05) is 6.58 Å². The molecule has 4 heteroatoms. The summed E-state index contributed by atoms with van der Waals surface area (Å²) in [6, 6.07) is 0.